The van der Waals surface area contributed by atoms with Gasteiger partial charge in [-0.1, -0.05) is 6.07 Å². The molecule has 0 amide bonds. The minimum Gasteiger partial charge on any atom is -0.490 e. The highest BCUT2D eigenvalue weighted by Gasteiger charge is 2.30. The van der Waals surface area contributed by atoms with E-state index in [9.17, 15) is 13.5 Å². The summed E-state index contributed by atoms with van der Waals surface area (Å²) < 4.78 is 29.4. The topological polar surface area (TPSA) is 63.6 Å². The van der Waals surface area contributed by atoms with Crippen LogP contribution in [0.3, 0.4) is 0 Å². The molecule has 1 aliphatic carbocycles. The first-order valence-corrected chi connectivity index (χ1v) is 9.37. The van der Waals surface area contributed by atoms with E-state index >= 15 is 0 Å². The van der Waals surface area contributed by atoms with E-state index < -0.39 is 15.9 Å². The van der Waals surface area contributed by atoms with Crippen molar-refractivity contribution >= 4 is 9.84 Å². The number of hydrogen-bond acceptors (Lipinski definition) is 4. The number of rotatable bonds is 4. The van der Waals surface area contributed by atoms with E-state index in [4.69, 9.17) is 4.74 Å². The summed E-state index contributed by atoms with van der Waals surface area (Å²) >= 11 is 0. The van der Waals surface area contributed by atoms with Gasteiger partial charge in [-0.15, -0.1) is 0 Å². The third kappa shape index (κ3) is 4.20. The average molecular weight is 312 g/mol. The Hall–Kier alpha value is -1.07. The molecule has 0 aliphatic heterocycles. The Morgan fingerprint density at radius 2 is 2.05 bits per heavy atom. The highest BCUT2D eigenvalue weighted by molar-refractivity contribution is 7.91. The largest absolute Gasteiger partial charge is 0.490 e. The van der Waals surface area contributed by atoms with Crippen molar-refractivity contribution in [1.82, 2.24) is 0 Å². The Labute approximate surface area is 127 Å². The summed E-state index contributed by atoms with van der Waals surface area (Å²) in [6, 6.07) is 5.63. The molecule has 0 aromatic heterocycles. The van der Waals surface area contributed by atoms with E-state index in [1.54, 1.807) is 6.92 Å². The second-order valence-corrected chi connectivity index (χ2v) is 8.38. The summed E-state index contributed by atoms with van der Waals surface area (Å²) in [6.45, 7) is 3.67. The summed E-state index contributed by atoms with van der Waals surface area (Å²) in [7, 11) is -2.99. The first-order valence-electron chi connectivity index (χ1n) is 7.41. The predicted molar refractivity (Wildman–Crippen MR) is 83.3 cm³/mol. The Morgan fingerprint density at radius 1 is 1.33 bits per heavy atom. The van der Waals surface area contributed by atoms with Gasteiger partial charge in [0.25, 0.3) is 0 Å². The van der Waals surface area contributed by atoms with Gasteiger partial charge < -0.3 is 9.84 Å². The van der Waals surface area contributed by atoms with Crippen LogP contribution in [0.2, 0.25) is 0 Å². The maximum Gasteiger partial charge on any atom is 0.150 e. The van der Waals surface area contributed by atoms with E-state index in [2.05, 4.69) is 0 Å². The zero-order chi connectivity index (χ0) is 15.6. The number of hydrogen-bond donors (Lipinski definition) is 1. The maximum absolute atomic E-state index is 11.7. The molecular weight excluding hydrogens is 288 g/mol. The molecule has 1 aromatic rings. The van der Waals surface area contributed by atoms with Crippen LogP contribution < -0.4 is 4.74 Å². The second-order valence-electron chi connectivity index (χ2n) is 6.06. The van der Waals surface area contributed by atoms with Gasteiger partial charge in [0.1, 0.15) is 15.6 Å². The van der Waals surface area contributed by atoms with Crippen LogP contribution >= 0.6 is 0 Å². The predicted octanol–water partition coefficient (Wildman–Crippen LogP) is 2.78. The fraction of sp³-hybridized carbons (Fsp3) is 0.625. The van der Waals surface area contributed by atoms with Gasteiger partial charge in [0, 0.05) is 12.7 Å². The van der Waals surface area contributed by atoms with Crippen molar-refractivity contribution in [1.29, 1.82) is 0 Å². The standard InChI is InChI=1S/C16H24O4S/c1-11-9-13(12(2)17)7-8-16(11)20-14-5-4-6-15(10-14)21(3,18)19/h7-9,12,14-15,17H,4-6,10H2,1-3H3. The normalized spacial score (nSPS) is 24.6. The summed E-state index contributed by atoms with van der Waals surface area (Å²) in [5, 5.41) is 9.29. The molecule has 118 valence electrons. The monoisotopic (exact) mass is 312 g/mol. The minimum absolute atomic E-state index is 0.0467. The van der Waals surface area contributed by atoms with Gasteiger partial charge in [-0.3, -0.25) is 0 Å². The molecule has 3 atom stereocenters. The Bertz CT molecular complexity index is 592. The van der Waals surface area contributed by atoms with Crippen LogP contribution in [-0.4, -0.2) is 31.1 Å². The van der Waals surface area contributed by atoms with Crippen molar-refractivity contribution in [2.24, 2.45) is 0 Å². The Morgan fingerprint density at radius 3 is 2.62 bits per heavy atom. The van der Waals surface area contributed by atoms with Crippen molar-refractivity contribution in [2.45, 2.75) is 57.0 Å². The number of sulfone groups is 1. The zero-order valence-corrected chi connectivity index (χ0v) is 13.7. The van der Waals surface area contributed by atoms with Crippen LogP contribution in [0.1, 0.15) is 49.8 Å². The number of ether oxygens (including phenoxy) is 1. The number of benzene rings is 1. The molecule has 1 N–H and O–H groups in total. The molecule has 2 rings (SSSR count). The molecule has 1 aromatic carbocycles. The second kappa shape index (κ2) is 6.36. The molecule has 3 unspecified atom stereocenters. The fourth-order valence-corrected chi connectivity index (χ4v) is 4.00. The summed E-state index contributed by atoms with van der Waals surface area (Å²) in [5.74, 6) is 0.776. The lowest BCUT2D eigenvalue weighted by atomic mass is 9.97. The minimum atomic E-state index is -2.99. The van der Waals surface area contributed by atoms with Gasteiger partial charge in [0.15, 0.2) is 0 Å². The highest BCUT2D eigenvalue weighted by Crippen LogP contribution is 2.30. The Kier molecular flexibility index (Phi) is 4.94. The lowest BCUT2D eigenvalue weighted by Crippen LogP contribution is -2.33. The van der Waals surface area contributed by atoms with Crippen molar-refractivity contribution in [3.63, 3.8) is 0 Å². The molecule has 5 heteroatoms. The van der Waals surface area contributed by atoms with E-state index in [1.165, 1.54) is 6.26 Å². The van der Waals surface area contributed by atoms with E-state index in [0.29, 0.717) is 6.42 Å². The average Bonchev–Trinajstić information content (AvgIpc) is 2.40. The van der Waals surface area contributed by atoms with Crippen LogP contribution in [0.25, 0.3) is 0 Å². The lowest BCUT2D eigenvalue weighted by molar-refractivity contribution is 0.155. The van der Waals surface area contributed by atoms with Gasteiger partial charge in [-0.2, -0.15) is 0 Å². The molecule has 21 heavy (non-hydrogen) atoms. The zero-order valence-electron chi connectivity index (χ0n) is 12.9. The van der Waals surface area contributed by atoms with Gasteiger partial charge in [0.2, 0.25) is 0 Å². The smallest absolute Gasteiger partial charge is 0.150 e. The van der Waals surface area contributed by atoms with E-state index in [0.717, 1.165) is 36.1 Å². The molecule has 0 heterocycles. The number of aryl methyl sites for hydroxylation is 1. The molecule has 1 fully saturated rings. The van der Waals surface area contributed by atoms with Gasteiger partial charge in [-0.25, -0.2) is 8.42 Å². The molecule has 0 saturated heterocycles. The quantitative estimate of drug-likeness (QED) is 0.928. The fourth-order valence-electron chi connectivity index (χ4n) is 2.84. The number of aliphatic hydroxyl groups is 1. The first kappa shape index (κ1) is 16.3. The van der Waals surface area contributed by atoms with Crippen molar-refractivity contribution in [2.75, 3.05) is 6.26 Å². The third-order valence-corrected chi connectivity index (χ3v) is 5.80. The van der Waals surface area contributed by atoms with Crippen molar-refractivity contribution in [3.05, 3.63) is 29.3 Å². The van der Waals surface area contributed by atoms with E-state index in [1.807, 2.05) is 25.1 Å². The van der Waals surface area contributed by atoms with Crippen molar-refractivity contribution < 1.29 is 18.3 Å². The van der Waals surface area contributed by atoms with Gasteiger partial charge >= 0.3 is 0 Å². The van der Waals surface area contributed by atoms with Gasteiger partial charge in [-0.05, 0) is 56.4 Å². The third-order valence-electron chi connectivity index (χ3n) is 4.16. The maximum atomic E-state index is 11.7. The van der Waals surface area contributed by atoms with E-state index in [-0.39, 0.29) is 11.4 Å². The molecule has 1 saturated carbocycles. The van der Waals surface area contributed by atoms with Gasteiger partial charge in [0.05, 0.1) is 17.5 Å². The first-order chi connectivity index (χ1) is 9.77. The number of aliphatic hydroxyl groups excluding tert-OH is 1. The molecule has 1 aliphatic rings. The molecule has 0 bridgehead atoms. The molecular formula is C16H24O4S. The Balaban J connectivity index is 2.08. The van der Waals surface area contributed by atoms with Crippen LogP contribution in [-0.2, 0) is 9.84 Å². The SMILES string of the molecule is Cc1cc(C(C)O)ccc1OC1CCCC(S(C)(=O)=O)C1. The summed E-state index contributed by atoms with van der Waals surface area (Å²) in [6.07, 6.45) is 3.84. The highest BCUT2D eigenvalue weighted by atomic mass is 32.2. The van der Waals surface area contributed by atoms with Crippen molar-refractivity contribution in [3.8, 4) is 5.75 Å². The summed E-state index contributed by atoms with van der Waals surface area (Å²) in [5.41, 5.74) is 1.83. The van der Waals surface area contributed by atoms with Crippen LogP contribution in [0.4, 0.5) is 0 Å². The van der Waals surface area contributed by atoms with Crippen LogP contribution in [0, 0.1) is 6.92 Å². The lowest BCUT2D eigenvalue weighted by Gasteiger charge is -2.29. The molecule has 0 spiro atoms. The van der Waals surface area contributed by atoms with Crippen LogP contribution in [0.15, 0.2) is 18.2 Å². The molecule has 0 radical (unpaired) electrons. The summed E-state index contributed by atoms with van der Waals surface area (Å²) in [4.78, 5) is 0. The molecule has 4 nitrogen and oxygen atoms in total. The van der Waals surface area contributed by atoms with Crippen LogP contribution in [0.5, 0.6) is 5.75 Å².